The Morgan fingerprint density at radius 1 is 0.378 bits per heavy atom. The lowest BCUT2D eigenvalue weighted by molar-refractivity contribution is -0.137. The largest absolute Gasteiger partial charge is 0.450 e. The van der Waals surface area contributed by atoms with Crippen molar-refractivity contribution in [2.45, 2.75) is 164 Å². The van der Waals surface area contributed by atoms with E-state index in [-0.39, 0.29) is 133 Å². The summed E-state index contributed by atoms with van der Waals surface area (Å²) in [6.45, 7) is 26.6. The zero-order chi connectivity index (χ0) is 102. The highest BCUT2D eigenvalue weighted by Crippen LogP contribution is 2.43. The van der Waals surface area contributed by atoms with Crippen molar-refractivity contribution in [3.8, 4) is 34.2 Å². The quantitative estimate of drug-likeness (QED) is 0.0173. The molecule has 6 saturated heterocycles. The maximum absolute atomic E-state index is 14.3. The number of aromatic nitrogens is 12. The maximum Gasteiger partial charge on any atom is 0.417 e. The number of nitrogens with one attached hydrogen (secondary N) is 5. The van der Waals surface area contributed by atoms with E-state index < -0.39 is 53.5 Å². The number of allylic oxidation sites excluding steroid dienone is 4. The summed E-state index contributed by atoms with van der Waals surface area (Å²) in [5.41, 5.74) is 2.47. The zero-order valence-electron chi connectivity index (χ0n) is 81.1. The number of ketones is 1. The summed E-state index contributed by atoms with van der Waals surface area (Å²) >= 11 is 0. The molecule has 5 N–H and O–H groups in total. The van der Waals surface area contributed by atoms with Crippen molar-refractivity contribution in [1.29, 1.82) is 0 Å². The molecule has 38 nitrogen and oxygen atoms in total. The third kappa shape index (κ3) is 29.2. The first-order valence-electron chi connectivity index (χ1n) is 47.9. The molecule has 15 heterocycles. The molecule has 768 valence electrons. The van der Waals surface area contributed by atoms with Gasteiger partial charge in [0, 0.05) is 194 Å². The number of amides is 8. The highest BCUT2D eigenvalue weighted by atomic mass is 19.4. The summed E-state index contributed by atoms with van der Waals surface area (Å²) in [6.07, 6.45) is 6.54. The fraction of sp³-hybridized carbons (Fsp3) is 0.500. The predicted octanol–water partition coefficient (Wildman–Crippen LogP) is 13.1. The lowest BCUT2D eigenvalue weighted by Crippen LogP contribution is -2.50. The van der Waals surface area contributed by atoms with Gasteiger partial charge in [-0.25, -0.2) is 57.8 Å². The monoisotopic (exact) mass is 2000 g/mol. The van der Waals surface area contributed by atoms with E-state index in [1.807, 2.05) is 45.9 Å². The third-order valence-corrected chi connectivity index (χ3v) is 24.3. The normalized spacial score (nSPS) is 15.9. The summed E-state index contributed by atoms with van der Waals surface area (Å²) in [5.74, 6) is -0.702. The van der Waals surface area contributed by atoms with Gasteiger partial charge < -0.3 is 54.2 Å². The van der Waals surface area contributed by atoms with Crippen LogP contribution in [0.2, 0.25) is 0 Å². The van der Waals surface area contributed by atoms with Crippen LogP contribution in [0.1, 0.15) is 159 Å². The van der Waals surface area contributed by atoms with Crippen LogP contribution in [0.3, 0.4) is 0 Å². The number of carbonyl (C=O) groups is 9. The van der Waals surface area contributed by atoms with Crippen molar-refractivity contribution >= 4 is 105 Å². The second kappa shape index (κ2) is 48.7. The molecule has 0 spiro atoms. The van der Waals surface area contributed by atoms with Crippen LogP contribution in [0, 0.1) is 0 Å². The first-order valence-corrected chi connectivity index (χ1v) is 47.9. The predicted molar refractivity (Wildman–Crippen MR) is 513 cm³/mol. The second-order valence-corrected chi connectivity index (χ2v) is 35.6. The molecular formula is C96H119F9N26O12. The molecule has 0 atom stereocenters. The molecule has 0 unspecified atom stereocenters. The van der Waals surface area contributed by atoms with Gasteiger partial charge in [-0.3, -0.25) is 59.4 Å². The number of pyridine rings is 3. The van der Waals surface area contributed by atoms with Crippen LogP contribution in [0.25, 0.3) is 50.7 Å². The van der Waals surface area contributed by atoms with Gasteiger partial charge in [0.1, 0.15) is 34.0 Å². The topological polar surface area (TPSA) is 400 Å². The fourth-order valence-electron chi connectivity index (χ4n) is 17.4. The van der Waals surface area contributed by atoms with Gasteiger partial charge in [0.05, 0.1) is 66.3 Å². The molecule has 0 saturated carbocycles. The Morgan fingerprint density at radius 2 is 0.678 bits per heavy atom. The molecule has 0 bridgehead atoms. The lowest BCUT2D eigenvalue weighted by atomic mass is 10.1. The number of hydrogen-bond acceptors (Lipinski definition) is 27. The minimum Gasteiger partial charge on any atom is -0.450 e. The van der Waals surface area contributed by atoms with Crippen molar-refractivity contribution in [2.24, 2.45) is 0 Å². The number of carbonyl (C=O) groups excluding carboxylic acids is 9. The maximum atomic E-state index is 14.3. The molecule has 0 aromatic carbocycles. The van der Waals surface area contributed by atoms with Crippen LogP contribution < -0.4 is 41.3 Å². The SMILES string of the molecule is C/C=C\C(=O)NCC(=O)N1CCN(Cc2cc3c(N4CCCCC4)nc(-c4cnc(NC(=O)OCC)cc4C(F)(F)F)nn3c2)CC1.CCOC(=O)Nc1cc(C(F)(F)F)c(-c2nc(N3CCCCC3)c3cc(CN4CCN(C(=O)CCC(=O)C=C(C)C)CC4)cn3n2)cn1.CCOC(=O)Nc1cc(C(F)(F)F)c(-c2nc(N3CCCCC3)c3cc(CN4CCN(C(=O)CNC(=O)C=C(C)C)CC4)cn3n2)cn1. The van der Waals surface area contributed by atoms with Crippen molar-refractivity contribution in [1.82, 2.24) is 98.8 Å². The Labute approximate surface area is 819 Å². The Hall–Kier alpha value is -14.0. The number of alkyl halides is 9. The van der Waals surface area contributed by atoms with E-state index in [4.69, 9.17) is 14.2 Å². The summed E-state index contributed by atoms with van der Waals surface area (Å²) in [6, 6.07) is 8.14. The fourth-order valence-corrected chi connectivity index (χ4v) is 17.4. The average molecular weight is 2000 g/mol. The molecule has 9 aromatic heterocycles. The molecule has 6 aliphatic heterocycles. The Balaban J connectivity index is 0.000000180. The van der Waals surface area contributed by atoms with E-state index >= 15 is 0 Å². The minimum absolute atomic E-state index is 0.0360. The minimum atomic E-state index is -4.78. The van der Waals surface area contributed by atoms with Crippen molar-refractivity contribution < 1.29 is 96.9 Å². The van der Waals surface area contributed by atoms with Crippen molar-refractivity contribution in [3.05, 3.63) is 142 Å². The number of nitrogens with zero attached hydrogens (tertiary/aromatic N) is 21. The molecule has 0 radical (unpaired) electrons. The van der Waals surface area contributed by atoms with Crippen LogP contribution in [0.5, 0.6) is 0 Å². The summed E-state index contributed by atoms with van der Waals surface area (Å²) in [4.78, 5) is 153. The number of ether oxygens (including phenoxy) is 3. The first-order chi connectivity index (χ1) is 68.4. The van der Waals surface area contributed by atoms with Gasteiger partial charge in [-0.2, -0.15) is 39.5 Å². The highest BCUT2D eigenvalue weighted by molar-refractivity contribution is 5.94. The van der Waals surface area contributed by atoms with E-state index in [9.17, 15) is 82.7 Å². The van der Waals surface area contributed by atoms with Crippen LogP contribution >= 0.6 is 0 Å². The Bertz CT molecular complexity index is 5880. The van der Waals surface area contributed by atoms with Gasteiger partial charge >= 0.3 is 36.8 Å². The number of fused-ring (bicyclic) bond motifs is 3. The molecule has 6 aliphatic rings. The van der Waals surface area contributed by atoms with E-state index in [2.05, 4.69) is 101 Å². The molecule has 9 aromatic rings. The van der Waals surface area contributed by atoms with Crippen LogP contribution in [0.4, 0.5) is 88.8 Å². The number of anilines is 6. The standard InChI is InChI=1S/C33H41F3N8O4.C32H40F3N9O4.C31H38F3N9O4/c1-4-48-32(47)38-28-18-26(33(34,35)36)25(19-37-28)30-39-31(43-10-6-5-7-11-43)27-17-23(21-44(27)40-30)20-41-12-14-42(15-13-41)29(46)9-8-24(45)16-22(2)3;1-4-48-31(47)38-26-16-24(32(33,34)35)23(17-36-26)29-39-30(43-8-6-5-7-9-43)25-15-22(20-44(25)40-29)19-41-10-12-42(13-11-41)28(46)18-37-27(45)14-21(2)3;1-3-8-26(44)36-18-27(45)41-13-11-40(12-14-41)19-21-15-24-29(42-9-6-5-7-10-42)38-28(39-43(24)20-21)22-17-35-25(37-30(46)47-4-2)16-23(22)31(32,33)34/h16-19,21H,4-15,20H2,1-3H3,(H,37,38,47);14-17,20H,4-13,18-19H2,1-3H3,(H,37,45)(H,36,38,47);3,8,15-17,20H,4-7,9-14,18-19H2,1-2H3,(H,36,44)(H,35,37,46)/b;;8-3-. The zero-order valence-corrected chi connectivity index (χ0v) is 81.1. The van der Waals surface area contributed by atoms with Gasteiger partial charge in [-0.1, -0.05) is 17.2 Å². The summed E-state index contributed by atoms with van der Waals surface area (Å²) in [5, 5.41) is 25.4. The Kier molecular flexibility index (Phi) is 36.2. The van der Waals surface area contributed by atoms with E-state index in [1.54, 1.807) is 86.7 Å². The molecule has 15 rings (SSSR count). The molecule has 47 heteroatoms. The molecular weight excluding hydrogens is 1880 g/mol. The van der Waals surface area contributed by atoms with E-state index in [1.165, 1.54) is 12.2 Å². The molecule has 143 heavy (non-hydrogen) atoms. The number of halogens is 9. The van der Waals surface area contributed by atoms with Gasteiger partial charge in [-0.15, -0.1) is 15.3 Å². The Morgan fingerprint density at radius 3 is 0.965 bits per heavy atom. The molecule has 6 fully saturated rings. The van der Waals surface area contributed by atoms with Crippen molar-refractivity contribution in [2.75, 3.05) is 181 Å². The second-order valence-electron chi connectivity index (χ2n) is 35.6. The highest BCUT2D eigenvalue weighted by Gasteiger charge is 2.41. The van der Waals surface area contributed by atoms with Gasteiger partial charge in [0.15, 0.2) is 40.7 Å². The number of hydrogen-bond donors (Lipinski definition) is 5. The van der Waals surface area contributed by atoms with Crippen molar-refractivity contribution in [3.63, 3.8) is 0 Å². The number of piperazine rings is 3. The summed E-state index contributed by atoms with van der Waals surface area (Å²) < 4.78 is 148. The van der Waals surface area contributed by atoms with Crippen LogP contribution in [-0.2, 0) is 81.1 Å². The first kappa shape index (κ1) is 106. The van der Waals surface area contributed by atoms with Crippen LogP contribution in [-0.4, -0.2) is 292 Å². The van der Waals surface area contributed by atoms with E-state index in [0.717, 1.165) is 136 Å². The lowest BCUT2D eigenvalue weighted by Gasteiger charge is -2.34. The van der Waals surface area contributed by atoms with E-state index in [0.29, 0.717) is 158 Å². The van der Waals surface area contributed by atoms with Gasteiger partial charge in [-0.05, 0) is 178 Å². The number of rotatable bonds is 28. The third-order valence-electron chi connectivity index (χ3n) is 24.3. The van der Waals surface area contributed by atoms with Crippen LogP contribution in [0.15, 0.2) is 109 Å². The van der Waals surface area contributed by atoms with Gasteiger partial charge in [0.2, 0.25) is 29.5 Å². The molecule has 0 aliphatic carbocycles. The smallest absolute Gasteiger partial charge is 0.417 e. The molecule has 8 amide bonds. The number of piperidine rings is 3. The summed E-state index contributed by atoms with van der Waals surface area (Å²) in [7, 11) is 0. The average Bonchev–Trinajstić information content (AvgIpc) is 1.67. The van der Waals surface area contributed by atoms with Gasteiger partial charge in [0.25, 0.3) is 0 Å².